The van der Waals surface area contributed by atoms with Gasteiger partial charge in [-0.1, -0.05) is 66.2 Å². The Balaban J connectivity index is 1.81. The molecule has 0 saturated heterocycles. The maximum Gasteiger partial charge on any atom is 0.329 e. The first-order valence-corrected chi connectivity index (χ1v) is 16.4. The van der Waals surface area contributed by atoms with E-state index in [0.29, 0.717) is 21.7 Å². The van der Waals surface area contributed by atoms with Crippen LogP contribution in [0.3, 0.4) is 0 Å². The number of nitrogens with zero attached hydrogens (tertiary/aromatic N) is 1. The number of carbonyl (C=O) groups is 4. The third-order valence-corrected chi connectivity index (χ3v) is 8.95. The van der Waals surface area contributed by atoms with E-state index in [1.54, 1.807) is 94.4 Å². The number of nitrogens with one attached hydrogen (secondary N) is 2. The van der Waals surface area contributed by atoms with Crippen LogP contribution in [-0.2, 0) is 55.7 Å². The number of imide groups is 1. The minimum atomic E-state index is -4.29. The summed E-state index contributed by atoms with van der Waals surface area (Å²) in [5, 5.41) is 2.72. The fourth-order valence-corrected chi connectivity index (χ4v) is 6.38. The van der Waals surface area contributed by atoms with E-state index in [1.807, 2.05) is 0 Å². The number of esters is 1. The van der Waals surface area contributed by atoms with Crippen molar-refractivity contribution in [2.45, 2.75) is 75.6 Å². The molecule has 12 nitrogen and oxygen atoms in total. The molecule has 0 aromatic heterocycles. The number of rotatable bonds is 12. The number of aryl methyl sites for hydroxylation is 1. The normalized spacial score (nSPS) is 17.3. The summed E-state index contributed by atoms with van der Waals surface area (Å²) in [5.74, 6) is -3.67. The molecule has 3 aromatic carbocycles. The highest BCUT2D eigenvalue weighted by atomic mass is 32.2. The summed E-state index contributed by atoms with van der Waals surface area (Å²) in [6.07, 6.45) is -0.771. The van der Waals surface area contributed by atoms with Crippen molar-refractivity contribution >= 4 is 39.4 Å². The van der Waals surface area contributed by atoms with Gasteiger partial charge in [-0.15, -0.1) is 0 Å². The van der Waals surface area contributed by atoms with E-state index in [1.165, 1.54) is 12.1 Å². The molecule has 13 heteroatoms. The van der Waals surface area contributed by atoms with Crippen LogP contribution in [0.5, 0.6) is 0 Å². The third-order valence-electron chi connectivity index (χ3n) is 7.46. The van der Waals surface area contributed by atoms with Crippen LogP contribution in [0.2, 0.25) is 0 Å². The molecule has 0 saturated carbocycles. The molecule has 1 aliphatic heterocycles. The molecule has 3 atom stereocenters. The average molecular weight is 666 g/mol. The Morgan fingerprint density at radius 2 is 1.57 bits per heavy atom. The van der Waals surface area contributed by atoms with Crippen molar-refractivity contribution in [3.05, 3.63) is 95.6 Å². The predicted molar refractivity (Wildman–Crippen MR) is 172 cm³/mol. The molecule has 2 N–H and O–H groups in total. The topological polar surface area (TPSA) is 157 Å². The zero-order chi connectivity index (χ0) is 34.6. The summed E-state index contributed by atoms with van der Waals surface area (Å²) in [6, 6.07) is 17.9. The Hall–Kier alpha value is -4.43. The van der Waals surface area contributed by atoms with Gasteiger partial charge in [0, 0.05) is 24.6 Å². The van der Waals surface area contributed by atoms with Crippen molar-refractivity contribution in [3.63, 3.8) is 0 Å². The molecule has 1 unspecified atom stereocenters. The fourth-order valence-electron chi connectivity index (χ4n) is 5.19. The van der Waals surface area contributed by atoms with E-state index in [9.17, 15) is 27.6 Å². The van der Waals surface area contributed by atoms with Crippen LogP contribution in [-0.4, -0.2) is 61.8 Å². The van der Waals surface area contributed by atoms with E-state index in [4.69, 9.17) is 14.5 Å². The molecule has 4 rings (SSSR count). The number of ether oxygens (including phenoxy) is 1. The lowest BCUT2D eigenvalue weighted by Crippen LogP contribution is -2.58. The van der Waals surface area contributed by atoms with Gasteiger partial charge in [0.1, 0.15) is 12.1 Å². The SMILES string of the molecule is COC(=O)[C@H](CC1(OOC(C)(C)C)C(=O)Nc2ccccc21)N(C(C)=O)C(=O)[C@H](Cc1ccccc1)NS(=O)(=O)c1ccc(C)cc1. The van der Waals surface area contributed by atoms with Crippen molar-refractivity contribution in [3.8, 4) is 0 Å². The average Bonchev–Trinajstić information content (AvgIpc) is 3.29. The van der Waals surface area contributed by atoms with Crippen molar-refractivity contribution in [1.29, 1.82) is 0 Å². The summed E-state index contributed by atoms with van der Waals surface area (Å²) < 4.78 is 34.6. The first kappa shape index (κ1) is 35.4. The number of hydrogen-bond acceptors (Lipinski definition) is 9. The molecule has 1 aliphatic rings. The first-order chi connectivity index (χ1) is 22.1. The smallest absolute Gasteiger partial charge is 0.329 e. The van der Waals surface area contributed by atoms with Crippen LogP contribution in [0, 0.1) is 6.92 Å². The van der Waals surface area contributed by atoms with Gasteiger partial charge >= 0.3 is 5.97 Å². The highest BCUT2D eigenvalue weighted by Crippen LogP contribution is 2.44. The molecule has 0 radical (unpaired) electrons. The predicted octanol–water partition coefficient (Wildman–Crippen LogP) is 3.79. The molecular weight excluding hydrogens is 626 g/mol. The van der Waals surface area contributed by atoms with Gasteiger partial charge in [0.25, 0.3) is 5.91 Å². The van der Waals surface area contributed by atoms with Crippen molar-refractivity contribution in [2.24, 2.45) is 0 Å². The van der Waals surface area contributed by atoms with Gasteiger partial charge in [-0.3, -0.25) is 19.3 Å². The minimum Gasteiger partial charge on any atom is -0.467 e. The van der Waals surface area contributed by atoms with Crippen molar-refractivity contribution in [1.82, 2.24) is 9.62 Å². The number of para-hydroxylation sites is 1. The molecule has 1 heterocycles. The second-order valence-electron chi connectivity index (χ2n) is 12.3. The zero-order valence-electron chi connectivity index (χ0n) is 27.1. The summed E-state index contributed by atoms with van der Waals surface area (Å²) in [4.78, 5) is 66.9. The van der Waals surface area contributed by atoms with E-state index < -0.39 is 63.4 Å². The van der Waals surface area contributed by atoms with Crippen LogP contribution in [0.25, 0.3) is 0 Å². The Morgan fingerprint density at radius 3 is 2.17 bits per heavy atom. The largest absolute Gasteiger partial charge is 0.467 e. The Kier molecular flexibility index (Phi) is 10.7. The van der Waals surface area contributed by atoms with E-state index >= 15 is 0 Å². The van der Waals surface area contributed by atoms with Gasteiger partial charge in [0.2, 0.25) is 27.4 Å². The zero-order valence-corrected chi connectivity index (χ0v) is 27.9. The Labute approximate surface area is 274 Å². The molecule has 3 aromatic rings. The van der Waals surface area contributed by atoms with Gasteiger partial charge in [0.05, 0.1) is 17.6 Å². The summed E-state index contributed by atoms with van der Waals surface area (Å²) >= 11 is 0. The van der Waals surface area contributed by atoms with Crippen LogP contribution in [0.1, 0.15) is 50.8 Å². The number of sulfonamides is 1. The lowest BCUT2D eigenvalue weighted by Gasteiger charge is -2.36. The monoisotopic (exact) mass is 665 g/mol. The van der Waals surface area contributed by atoms with Gasteiger partial charge in [-0.2, -0.15) is 4.72 Å². The highest BCUT2D eigenvalue weighted by molar-refractivity contribution is 7.89. The van der Waals surface area contributed by atoms with Crippen LogP contribution in [0.15, 0.2) is 83.8 Å². The minimum absolute atomic E-state index is 0.0984. The summed E-state index contributed by atoms with van der Waals surface area (Å²) in [6.45, 7) is 7.93. The van der Waals surface area contributed by atoms with Gasteiger partial charge in [-0.05, 0) is 57.9 Å². The van der Waals surface area contributed by atoms with Crippen LogP contribution < -0.4 is 10.0 Å². The van der Waals surface area contributed by atoms with Crippen LogP contribution in [0.4, 0.5) is 5.69 Å². The Bertz CT molecular complexity index is 1740. The van der Waals surface area contributed by atoms with E-state index in [0.717, 1.165) is 19.6 Å². The molecule has 0 aliphatic carbocycles. The molecular formula is C34H39N3O9S. The first-order valence-electron chi connectivity index (χ1n) is 14.9. The van der Waals surface area contributed by atoms with Crippen molar-refractivity contribution in [2.75, 3.05) is 12.4 Å². The molecule has 0 fully saturated rings. The Morgan fingerprint density at radius 1 is 0.957 bits per heavy atom. The lowest BCUT2D eigenvalue weighted by molar-refractivity contribution is -0.398. The molecule has 0 bridgehead atoms. The highest BCUT2D eigenvalue weighted by Gasteiger charge is 2.55. The number of hydrogen-bond donors (Lipinski definition) is 2. The number of benzene rings is 3. The van der Waals surface area contributed by atoms with E-state index in [2.05, 4.69) is 10.0 Å². The van der Waals surface area contributed by atoms with Crippen molar-refractivity contribution < 1.29 is 42.1 Å². The number of methoxy groups -OCH3 is 1. The maximum absolute atomic E-state index is 14.4. The number of anilines is 1. The molecule has 47 heavy (non-hydrogen) atoms. The number of fused-ring (bicyclic) bond motifs is 1. The van der Waals surface area contributed by atoms with E-state index in [-0.39, 0.29) is 11.3 Å². The van der Waals surface area contributed by atoms with Gasteiger partial charge in [-0.25, -0.2) is 23.0 Å². The second kappa shape index (κ2) is 14.1. The standard InChI is InChI=1S/C34H39N3O9S/c1-22-16-18-25(19-17-22)47(42,43)36-28(20-24-12-8-7-9-13-24)30(39)37(23(2)38)29(31(40)44-6)21-34(46-45-33(3,4)5)26-14-10-11-15-27(26)35-32(34)41/h7-19,28-29,36H,20-21H2,1-6H3,(H,35,41)/t28-,29-,34?/m0/s1. The summed E-state index contributed by atoms with van der Waals surface area (Å²) in [7, 11) is -3.22. The molecule has 0 spiro atoms. The number of amides is 3. The number of carbonyl (C=O) groups excluding carboxylic acids is 4. The second-order valence-corrected chi connectivity index (χ2v) is 14.0. The van der Waals surface area contributed by atoms with Gasteiger partial charge < -0.3 is 10.1 Å². The maximum atomic E-state index is 14.4. The quantitative estimate of drug-likeness (QED) is 0.167. The lowest BCUT2D eigenvalue weighted by atomic mass is 9.87. The van der Waals surface area contributed by atoms with Gasteiger partial charge in [0.15, 0.2) is 0 Å². The molecule has 250 valence electrons. The fraction of sp³-hybridized carbons (Fsp3) is 0.353. The summed E-state index contributed by atoms with van der Waals surface area (Å²) in [5.41, 5.74) is -0.817. The molecule has 3 amide bonds. The van der Waals surface area contributed by atoms with Crippen LogP contribution >= 0.6 is 0 Å². The third kappa shape index (κ3) is 8.11.